The van der Waals surface area contributed by atoms with Crippen molar-refractivity contribution >= 4 is 39.3 Å². The lowest BCUT2D eigenvalue weighted by Gasteiger charge is -2.00. The Kier molecular flexibility index (Phi) is 2.99. The summed E-state index contributed by atoms with van der Waals surface area (Å²) in [6.45, 7) is 3.94. The Balaban J connectivity index is 1.89. The summed E-state index contributed by atoms with van der Waals surface area (Å²) >= 11 is 5.94. The maximum atomic E-state index is 12.8. The number of pyridine rings is 1. The van der Waals surface area contributed by atoms with Gasteiger partial charge >= 0.3 is 0 Å². The van der Waals surface area contributed by atoms with Gasteiger partial charge in [0.25, 0.3) is 5.56 Å². The molecule has 0 atom stereocenters. The van der Waals surface area contributed by atoms with Crippen LogP contribution in [0.5, 0.6) is 0 Å². The first-order valence-electron chi connectivity index (χ1n) is 8.05. The summed E-state index contributed by atoms with van der Waals surface area (Å²) in [6, 6.07) is 9.02. The normalized spacial score (nSPS) is 11.8. The predicted molar refractivity (Wildman–Crippen MR) is 100 cm³/mol. The van der Waals surface area contributed by atoms with Crippen molar-refractivity contribution in [3.05, 3.63) is 63.2 Å². The molecule has 0 aliphatic carbocycles. The minimum Gasteiger partial charge on any atom is -0.273 e. The van der Waals surface area contributed by atoms with Gasteiger partial charge in [-0.05, 0) is 49.7 Å². The van der Waals surface area contributed by atoms with Crippen LogP contribution in [-0.4, -0.2) is 29.4 Å². The third kappa shape index (κ3) is 2.01. The molecular weight excluding hydrogens is 352 g/mol. The number of aryl methyl sites for hydroxylation is 2. The molecule has 8 heteroatoms. The molecule has 0 bridgehead atoms. The van der Waals surface area contributed by atoms with E-state index in [1.165, 1.54) is 4.68 Å². The fourth-order valence-corrected chi connectivity index (χ4v) is 3.43. The van der Waals surface area contributed by atoms with Crippen LogP contribution < -0.4 is 5.56 Å². The Bertz CT molecular complexity index is 1380. The second-order valence-electron chi connectivity index (χ2n) is 6.26. The third-order valence-electron chi connectivity index (χ3n) is 4.46. The molecule has 7 nitrogen and oxygen atoms in total. The fourth-order valence-electron chi connectivity index (χ4n) is 3.30. The number of fused-ring (bicyclic) bond motifs is 5. The molecule has 0 saturated carbocycles. The molecule has 0 amide bonds. The molecule has 1 N–H and O–H groups in total. The third-order valence-corrected chi connectivity index (χ3v) is 4.72. The zero-order valence-corrected chi connectivity index (χ0v) is 14.7. The predicted octanol–water partition coefficient (Wildman–Crippen LogP) is 3.18. The molecule has 0 aliphatic rings. The number of halogens is 1. The van der Waals surface area contributed by atoms with Crippen LogP contribution in [0.2, 0.25) is 5.02 Å². The van der Waals surface area contributed by atoms with Gasteiger partial charge < -0.3 is 0 Å². The molecule has 0 radical (unpaired) electrons. The smallest absolute Gasteiger partial charge is 0.273 e. The van der Waals surface area contributed by atoms with E-state index in [0.29, 0.717) is 33.0 Å². The van der Waals surface area contributed by atoms with E-state index in [1.807, 2.05) is 19.9 Å². The van der Waals surface area contributed by atoms with Gasteiger partial charge in [-0.1, -0.05) is 11.6 Å². The van der Waals surface area contributed by atoms with E-state index < -0.39 is 0 Å². The van der Waals surface area contributed by atoms with Gasteiger partial charge in [0.05, 0.1) is 11.1 Å². The second-order valence-corrected chi connectivity index (χ2v) is 6.70. The lowest BCUT2D eigenvalue weighted by atomic mass is 10.2. The van der Waals surface area contributed by atoms with Crippen LogP contribution in [0.15, 0.2) is 41.3 Å². The van der Waals surface area contributed by atoms with Gasteiger partial charge in [-0.3, -0.25) is 9.89 Å². The van der Waals surface area contributed by atoms with Gasteiger partial charge in [-0.15, -0.1) is 5.10 Å². The van der Waals surface area contributed by atoms with Gasteiger partial charge in [0, 0.05) is 16.9 Å². The topological polar surface area (TPSA) is 80.9 Å². The Labute approximate surface area is 151 Å². The highest BCUT2D eigenvalue weighted by Crippen LogP contribution is 2.23. The number of aromatic nitrogens is 6. The van der Waals surface area contributed by atoms with Gasteiger partial charge in [-0.2, -0.15) is 4.52 Å². The molecule has 5 rings (SSSR count). The summed E-state index contributed by atoms with van der Waals surface area (Å²) in [5, 5.41) is 9.65. The first-order valence-corrected chi connectivity index (χ1v) is 8.43. The number of aromatic amines is 1. The summed E-state index contributed by atoms with van der Waals surface area (Å²) in [6.07, 6.45) is 1.58. The van der Waals surface area contributed by atoms with Crippen molar-refractivity contribution in [3.8, 4) is 5.69 Å². The summed E-state index contributed by atoms with van der Waals surface area (Å²) in [5.41, 5.74) is 4.29. The van der Waals surface area contributed by atoms with Gasteiger partial charge in [-0.25, -0.2) is 14.6 Å². The molecule has 0 spiro atoms. The van der Waals surface area contributed by atoms with Crippen LogP contribution in [0.4, 0.5) is 0 Å². The Morgan fingerprint density at radius 2 is 1.92 bits per heavy atom. The molecule has 0 unspecified atom stereocenters. The zero-order chi connectivity index (χ0) is 18.0. The second kappa shape index (κ2) is 5.15. The van der Waals surface area contributed by atoms with Crippen LogP contribution in [-0.2, 0) is 0 Å². The van der Waals surface area contributed by atoms with Gasteiger partial charge in [0.15, 0.2) is 16.9 Å². The maximum absolute atomic E-state index is 12.8. The van der Waals surface area contributed by atoms with Gasteiger partial charge in [0.2, 0.25) is 0 Å². The molecule has 0 aliphatic heterocycles. The Morgan fingerprint density at radius 3 is 2.69 bits per heavy atom. The Morgan fingerprint density at radius 1 is 1.15 bits per heavy atom. The molecule has 5 aromatic rings. The summed E-state index contributed by atoms with van der Waals surface area (Å²) in [7, 11) is 0. The van der Waals surface area contributed by atoms with Gasteiger partial charge in [0.1, 0.15) is 5.39 Å². The number of nitrogens with one attached hydrogen (secondary N) is 1. The van der Waals surface area contributed by atoms with Crippen molar-refractivity contribution in [1.82, 2.24) is 29.4 Å². The van der Waals surface area contributed by atoms with Crippen molar-refractivity contribution in [3.63, 3.8) is 0 Å². The van der Waals surface area contributed by atoms with Crippen molar-refractivity contribution in [1.29, 1.82) is 0 Å². The van der Waals surface area contributed by atoms with E-state index >= 15 is 0 Å². The zero-order valence-electron chi connectivity index (χ0n) is 14.0. The highest BCUT2D eigenvalue weighted by molar-refractivity contribution is 6.30. The van der Waals surface area contributed by atoms with Crippen molar-refractivity contribution in [2.75, 3.05) is 0 Å². The number of rotatable bonds is 1. The molecule has 1 aromatic carbocycles. The summed E-state index contributed by atoms with van der Waals surface area (Å²) in [5.74, 6) is 0. The molecule has 4 heterocycles. The number of H-pyrrole nitrogens is 1. The average molecular weight is 365 g/mol. The average Bonchev–Trinajstić information content (AvgIpc) is 3.13. The monoisotopic (exact) mass is 364 g/mol. The quantitative estimate of drug-likeness (QED) is 0.495. The number of nitrogens with zero attached hydrogens (tertiary/aromatic N) is 5. The first kappa shape index (κ1) is 15.1. The minimum absolute atomic E-state index is 0.197. The molecule has 0 saturated heterocycles. The summed E-state index contributed by atoms with van der Waals surface area (Å²) in [4.78, 5) is 21.8. The number of hydrogen-bond donors (Lipinski definition) is 1. The standard InChI is InChI=1S/C18H13ClN6O/c1-9-7-10(2)21-15-14(9)17-20-8-13-16(25(17)22-15)23-24(18(13)26)12-5-3-11(19)4-6-12/h3-8,23H,1-2H3. The minimum atomic E-state index is -0.197. The molecule has 128 valence electrons. The van der Waals surface area contributed by atoms with E-state index in [4.69, 9.17) is 11.6 Å². The van der Waals surface area contributed by atoms with Crippen LogP contribution in [0.1, 0.15) is 11.3 Å². The molecule has 26 heavy (non-hydrogen) atoms. The Hall–Kier alpha value is -3.19. The van der Waals surface area contributed by atoms with Crippen molar-refractivity contribution in [2.24, 2.45) is 0 Å². The van der Waals surface area contributed by atoms with E-state index in [-0.39, 0.29) is 5.56 Å². The van der Waals surface area contributed by atoms with E-state index in [9.17, 15) is 4.79 Å². The maximum Gasteiger partial charge on any atom is 0.282 e. The van der Waals surface area contributed by atoms with Crippen molar-refractivity contribution in [2.45, 2.75) is 13.8 Å². The highest BCUT2D eigenvalue weighted by atomic mass is 35.5. The lowest BCUT2D eigenvalue weighted by molar-refractivity contribution is 0.844. The number of benzene rings is 1. The molecular formula is C18H13ClN6O. The van der Waals surface area contributed by atoms with E-state index in [0.717, 1.165) is 16.6 Å². The lowest BCUT2D eigenvalue weighted by Crippen LogP contribution is -2.13. The highest BCUT2D eigenvalue weighted by Gasteiger charge is 2.17. The van der Waals surface area contributed by atoms with Crippen LogP contribution in [0.3, 0.4) is 0 Å². The van der Waals surface area contributed by atoms with Crippen LogP contribution >= 0.6 is 11.6 Å². The largest absolute Gasteiger partial charge is 0.282 e. The first-order chi connectivity index (χ1) is 12.5. The summed E-state index contributed by atoms with van der Waals surface area (Å²) < 4.78 is 3.10. The van der Waals surface area contributed by atoms with E-state index in [2.05, 4.69) is 20.2 Å². The van der Waals surface area contributed by atoms with E-state index in [1.54, 1.807) is 35.0 Å². The van der Waals surface area contributed by atoms with Crippen LogP contribution in [0, 0.1) is 13.8 Å². The van der Waals surface area contributed by atoms with Crippen LogP contribution in [0.25, 0.3) is 33.4 Å². The SMILES string of the molecule is Cc1cc(C)c2c(n1)nn1c2ncc2c(=O)n(-c3ccc(Cl)cc3)[nH]c21. The van der Waals surface area contributed by atoms with Crippen molar-refractivity contribution < 1.29 is 0 Å². The fraction of sp³-hybridized carbons (Fsp3) is 0.111. The molecule has 0 fully saturated rings. The number of hydrogen-bond acceptors (Lipinski definition) is 4. The molecule has 4 aromatic heterocycles.